The van der Waals surface area contributed by atoms with Gasteiger partial charge in [-0.15, -0.1) is 0 Å². The molecule has 2 rings (SSSR count). The van der Waals surface area contributed by atoms with Gasteiger partial charge in [0.1, 0.15) is 0 Å². The Morgan fingerprint density at radius 1 is 1.10 bits per heavy atom. The molecule has 0 amide bonds. The quantitative estimate of drug-likeness (QED) is 0.835. The summed E-state index contributed by atoms with van der Waals surface area (Å²) in [5.41, 5.74) is 1.38. The number of rotatable bonds is 6. The maximum absolute atomic E-state index is 5.69. The van der Waals surface area contributed by atoms with E-state index >= 15 is 0 Å². The van der Waals surface area contributed by atoms with Crippen molar-refractivity contribution in [2.45, 2.75) is 32.7 Å². The highest BCUT2D eigenvalue weighted by atomic mass is 16.5. The molecule has 112 valence electrons. The van der Waals surface area contributed by atoms with Gasteiger partial charge in [0.2, 0.25) is 0 Å². The van der Waals surface area contributed by atoms with Crippen molar-refractivity contribution in [1.29, 1.82) is 0 Å². The van der Waals surface area contributed by atoms with E-state index in [4.69, 9.17) is 9.47 Å². The van der Waals surface area contributed by atoms with E-state index in [9.17, 15) is 0 Å². The standard InChI is InChI=1S/C16H26N2O2/c1-4-19-14-7-6-13(10-15(14)20-5-2)11-16(3)12-17-8-9-18-16/h6-7,10,17-18H,4-5,8-9,11-12H2,1-3H3. The molecule has 1 saturated heterocycles. The van der Waals surface area contributed by atoms with E-state index in [-0.39, 0.29) is 5.54 Å². The Kier molecular flexibility index (Phi) is 5.26. The second kappa shape index (κ2) is 6.95. The molecule has 0 radical (unpaired) electrons. The van der Waals surface area contributed by atoms with Gasteiger partial charge in [-0.3, -0.25) is 0 Å². The number of hydrogen-bond acceptors (Lipinski definition) is 4. The van der Waals surface area contributed by atoms with Crippen LogP contribution in [-0.4, -0.2) is 38.4 Å². The molecule has 0 aromatic heterocycles. The Morgan fingerprint density at radius 2 is 1.85 bits per heavy atom. The van der Waals surface area contributed by atoms with Gasteiger partial charge in [-0.05, 0) is 44.9 Å². The first-order valence-corrected chi connectivity index (χ1v) is 7.51. The largest absolute Gasteiger partial charge is 0.490 e. The van der Waals surface area contributed by atoms with Gasteiger partial charge in [0.05, 0.1) is 13.2 Å². The van der Waals surface area contributed by atoms with Crippen molar-refractivity contribution >= 4 is 0 Å². The third-order valence-corrected chi connectivity index (χ3v) is 3.57. The number of piperazine rings is 1. The average molecular weight is 278 g/mol. The molecule has 1 unspecified atom stereocenters. The SMILES string of the molecule is CCOc1ccc(CC2(C)CNCCN2)cc1OCC. The van der Waals surface area contributed by atoms with Crippen LogP contribution in [0.15, 0.2) is 18.2 Å². The molecule has 1 fully saturated rings. The molecule has 2 N–H and O–H groups in total. The van der Waals surface area contributed by atoms with Crippen LogP contribution in [0.3, 0.4) is 0 Å². The molecule has 0 spiro atoms. The van der Waals surface area contributed by atoms with Crippen molar-refractivity contribution in [3.8, 4) is 11.5 Å². The van der Waals surface area contributed by atoms with Crippen LogP contribution >= 0.6 is 0 Å². The molecule has 20 heavy (non-hydrogen) atoms. The summed E-state index contributed by atoms with van der Waals surface area (Å²) in [5, 5.41) is 7.05. The molecule has 1 heterocycles. The van der Waals surface area contributed by atoms with Crippen molar-refractivity contribution < 1.29 is 9.47 Å². The summed E-state index contributed by atoms with van der Waals surface area (Å²) in [6.45, 7) is 10.6. The van der Waals surface area contributed by atoms with Crippen LogP contribution < -0.4 is 20.1 Å². The summed E-state index contributed by atoms with van der Waals surface area (Å²) < 4.78 is 11.3. The molecule has 1 aromatic rings. The van der Waals surface area contributed by atoms with E-state index in [1.807, 2.05) is 19.9 Å². The van der Waals surface area contributed by atoms with E-state index in [0.717, 1.165) is 37.6 Å². The smallest absolute Gasteiger partial charge is 0.161 e. The highest BCUT2D eigenvalue weighted by Crippen LogP contribution is 2.30. The van der Waals surface area contributed by atoms with Crippen LogP contribution in [0, 0.1) is 0 Å². The Balaban J connectivity index is 2.13. The maximum Gasteiger partial charge on any atom is 0.161 e. The van der Waals surface area contributed by atoms with Crippen molar-refractivity contribution in [2.75, 3.05) is 32.8 Å². The molecule has 1 aromatic carbocycles. The maximum atomic E-state index is 5.69. The van der Waals surface area contributed by atoms with E-state index in [0.29, 0.717) is 13.2 Å². The molecule has 1 aliphatic heterocycles. The van der Waals surface area contributed by atoms with Gasteiger partial charge < -0.3 is 20.1 Å². The van der Waals surface area contributed by atoms with E-state index < -0.39 is 0 Å². The molecule has 0 bridgehead atoms. The van der Waals surface area contributed by atoms with Crippen molar-refractivity contribution in [3.63, 3.8) is 0 Å². The molecule has 4 nitrogen and oxygen atoms in total. The van der Waals surface area contributed by atoms with Gasteiger partial charge in [-0.25, -0.2) is 0 Å². The van der Waals surface area contributed by atoms with E-state index in [1.165, 1.54) is 5.56 Å². The van der Waals surface area contributed by atoms with Crippen molar-refractivity contribution in [2.24, 2.45) is 0 Å². The minimum atomic E-state index is 0.106. The van der Waals surface area contributed by atoms with Gasteiger partial charge in [0.15, 0.2) is 11.5 Å². The average Bonchev–Trinajstić information content (AvgIpc) is 2.42. The van der Waals surface area contributed by atoms with Gasteiger partial charge in [-0.1, -0.05) is 6.07 Å². The van der Waals surface area contributed by atoms with Gasteiger partial charge in [-0.2, -0.15) is 0 Å². The van der Waals surface area contributed by atoms with E-state index in [1.54, 1.807) is 0 Å². The molecule has 1 atom stereocenters. The highest BCUT2D eigenvalue weighted by Gasteiger charge is 2.26. The predicted molar refractivity (Wildman–Crippen MR) is 81.8 cm³/mol. The zero-order chi connectivity index (χ0) is 14.4. The number of ether oxygens (including phenoxy) is 2. The first kappa shape index (κ1) is 15.1. The van der Waals surface area contributed by atoms with Gasteiger partial charge in [0.25, 0.3) is 0 Å². The lowest BCUT2D eigenvalue weighted by atomic mass is 9.91. The first-order chi connectivity index (χ1) is 9.67. The molecule has 1 aliphatic rings. The summed E-state index contributed by atoms with van der Waals surface area (Å²) in [5.74, 6) is 1.68. The third kappa shape index (κ3) is 3.87. The van der Waals surface area contributed by atoms with Crippen LogP contribution in [0.5, 0.6) is 11.5 Å². The monoisotopic (exact) mass is 278 g/mol. The van der Waals surface area contributed by atoms with Crippen molar-refractivity contribution in [3.05, 3.63) is 23.8 Å². The Morgan fingerprint density at radius 3 is 2.50 bits per heavy atom. The summed E-state index contributed by atoms with van der Waals surface area (Å²) in [4.78, 5) is 0. The minimum Gasteiger partial charge on any atom is -0.490 e. The number of hydrogen-bond donors (Lipinski definition) is 2. The third-order valence-electron chi connectivity index (χ3n) is 3.57. The van der Waals surface area contributed by atoms with Gasteiger partial charge in [0, 0.05) is 25.2 Å². The zero-order valence-corrected chi connectivity index (χ0v) is 12.8. The normalized spacial score (nSPS) is 22.6. The van der Waals surface area contributed by atoms with Crippen LogP contribution in [0.25, 0.3) is 0 Å². The molecular weight excluding hydrogens is 252 g/mol. The summed E-state index contributed by atoms with van der Waals surface area (Å²) in [6, 6.07) is 6.26. The number of benzene rings is 1. The van der Waals surface area contributed by atoms with Crippen LogP contribution in [0.4, 0.5) is 0 Å². The lowest BCUT2D eigenvalue weighted by Crippen LogP contribution is -2.58. The fourth-order valence-corrected chi connectivity index (χ4v) is 2.66. The first-order valence-electron chi connectivity index (χ1n) is 7.51. The second-order valence-electron chi connectivity index (χ2n) is 5.49. The van der Waals surface area contributed by atoms with E-state index in [2.05, 4.69) is 29.7 Å². The second-order valence-corrected chi connectivity index (χ2v) is 5.49. The van der Waals surface area contributed by atoms with Crippen molar-refractivity contribution in [1.82, 2.24) is 10.6 Å². The Hall–Kier alpha value is -1.26. The number of nitrogens with one attached hydrogen (secondary N) is 2. The molecule has 0 saturated carbocycles. The molecular formula is C16H26N2O2. The summed E-state index contributed by atoms with van der Waals surface area (Å²) in [7, 11) is 0. The predicted octanol–water partition coefficient (Wildman–Crippen LogP) is 1.98. The topological polar surface area (TPSA) is 42.5 Å². The Labute approximate surface area is 121 Å². The van der Waals surface area contributed by atoms with Crippen LogP contribution in [0.2, 0.25) is 0 Å². The van der Waals surface area contributed by atoms with Gasteiger partial charge >= 0.3 is 0 Å². The fraction of sp³-hybridized carbons (Fsp3) is 0.625. The van der Waals surface area contributed by atoms with Crippen LogP contribution in [-0.2, 0) is 6.42 Å². The zero-order valence-electron chi connectivity index (χ0n) is 12.8. The lowest BCUT2D eigenvalue weighted by molar-refractivity contribution is 0.283. The molecule has 0 aliphatic carbocycles. The lowest BCUT2D eigenvalue weighted by Gasteiger charge is -2.35. The van der Waals surface area contributed by atoms with Crippen LogP contribution in [0.1, 0.15) is 26.3 Å². The molecule has 4 heteroatoms. The fourth-order valence-electron chi connectivity index (χ4n) is 2.66. The summed E-state index contributed by atoms with van der Waals surface area (Å²) in [6.07, 6.45) is 0.979. The minimum absolute atomic E-state index is 0.106. The summed E-state index contributed by atoms with van der Waals surface area (Å²) >= 11 is 0. The highest BCUT2D eigenvalue weighted by molar-refractivity contribution is 5.43. The Bertz CT molecular complexity index is 428.